The lowest BCUT2D eigenvalue weighted by Gasteiger charge is -2.11. The second-order valence-electron chi connectivity index (χ2n) is 4.61. The summed E-state index contributed by atoms with van der Waals surface area (Å²) in [7, 11) is 0. The van der Waals surface area contributed by atoms with Crippen molar-refractivity contribution in [1.29, 1.82) is 0 Å². The predicted octanol–water partition coefficient (Wildman–Crippen LogP) is 3.00. The Morgan fingerprint density at radius 3 is 2.75 bits per heavy atom. The van der Waals surface area contributed by atoms with Crippen LogP contribution in [0.4, 0.5) is 8.78 Å². The molecule has 20 heavy (non-hydrogen) atoms. The van der Waals surface area contributed by atoms with Gasteiger partial charge in [-0.25, -0.2) is 4.99 Å². The second kappa shape index (κ2) is 7.89. The zero-order chi connectivity index (χ0) is 15.1. The molecule has 0 fully saturated rings. The average Bonchev–Trinajstić information content (AvgIpc) is 2.36. The quantitative estimate of drug-likeness (QED) is 0.627. The summed E-state index contributed by atoms with van der Waals surface area (Å²) >= 11 is 5.83. The van der Waals surface area contributed by atoms with E-state index in [0.29, 0.717) is 23.0 Å². The number of hydrogen-bond donors (Lipinski definition) is 2. The lowest BCUT2D eigenvalue weighted by molar-refractivity contribution is -0.0504. The maximum atomic E-state index is 12.3. The first-order chi connectivity index (χ1) is 9.38. The molecule has 0 heterocycles. The number of nitrogens with zero attached hydrogens (tertiary/aromatic N) is 1. The minimum absolute atomic E-state index is 0.0461. The molecule has 0 aliphatic heterocycles. The van der Waals surface area contributed by atoms with Gasteiger partial charge in [-0.05, 0) is 24.1 Å². The van der Waals surface area contributed by atoms with Gasteiger partial charge in [-0.2, -0.15) is 8.78 Å². The molecular formula is C13H18ClF2N3O. The van der Waals surface area contributed by atoms with Gasteiger partial charge in [0.2, 0.25) is 0 Å². The number of alkyl halides is 2. The molecule has 1 aromatic rings. The Bertz CT molecular complexity index is 467. The Labute approximate surface area is 122 Å². The maximum Gasteiger partial charge on any atom is 0.387 e. The van der Waals surface area contributed by atoms with Crippen LogP contribution in [0.25, 0.3) is 0 Å². The second-order valence-corrected chi connectivity index (χ2v) is 5.04. The molecule has 0 amide bonds. The summed E-state index contributed by atoms with van der Waals surface area (Å²) in [5.74, 6) is 0.721. The van der Waals surface area contributed by atoms with E-state index in [0.717, 1.165) is 0 Å². The van der Waals surface area contributed by atoms with Crippen molar-refractivity contribution in [3.05, 3.63) is 28.8 Å². The summed E-state index contributed by atoms with van der Waals surface area (Å²) in [5, 5.41) is 3.35. The fourth-order valence-electron chi connectivity index (χ4n) is 1.42. The van der Waals surface area contributed by atoms with Crippen LogP contribution in [-0.2, 0) is 6.54 Å². The molecule has 3 N–H and O–H groups in total. The molecule has 112 valence electrons. The largest absolute Gasteiger partial charge is 0.434 e. The fraction of sp³-hybridized carbons (Fsp3) is 0.462. The lowest BCUT2D eigenvalue weighted by atomic mass is 10.2. The van der Waals surface area contributed by atoms with Gasteiger partial charge < -0.3 is 15.8 Å². The van der Waals surface area contributed by atoms with E-state index in [4.69, 9.17) is 17.3 Å². The number of hydrogen-bond acceptors (Lipinski definition) is 2. The lowest BCUT2D eigenvalue weighted by Crippen LogP contribution is -2.34. The van der Waals surface area contributed by atoms with Crippen molar-refractivity contribution < 1.29 is 13.5 Å². The molecule has 0 aliphatic rings. The molecule has 0 bridgehead atoms. The fourth-order valence-corrected chi connectivity index (χ4v) is 1.61. The molecule has 7 heteroatoms. The number of guanidine groups is 1. The van der Waals surface area contributed by atoms with E-state index in [-0.39, 0.29) is 18.3 Å². The molecular weight excluding hydrogens is 288 g/mol. The molecule has 1 rings (SSSR count). The Balaban J connectivity index is 2.74. The number of halogens is 3. The van der Waals surface area contributed by atoms with Crippen molar-refractivity contribution in [1.82, 2.24) is 5.32 Å². The van der Waals surface area contributed by atoms with Crippen molar-refractivity contribution in [2.45, 2.75) is 27.0 Å². The van der Waals surface area contributed by atoms with Gasteiger partial charge in [0.05, 0.1) is 6.54 Å². The minimum atomic E-state index is -2.89. The molecule has 0 aromatic heterocycles. The van der Waals surface area contributed by atoms with Crippen molar-refractivity contribution >= 4 is 17.6 Å². The van der Waals surface area contributed by atoms with Gasteiger partial charge in [-0.1, -0.05) is 25.4 Å². The zero-order valence-electron chi connectivity index (χ0n) is 11.4. The Morgan fingerprint density at radius 1 is 1.45 bits per heavy atom. The highest BCUT2D eigenvalue weighted by atomic mass is 35.5. The van der Waals surface area contributed by atoms with E-state index in [9.17, 15) is 8.78 Å². The van der Waals surface area contributed by atoms with Gasteiger partial charge in [0.25, 0.3) is 0 Å². The summed E-state index contributed by atoms with van der Waals surface area (Å²) < 4.78 is 29.0. The first kappa shape index (κ1) is 16.5. The Hall–Kier alpha value is -1.56. The van der Waals surface area contributed by atoms with E-state index < -0.39 is 6.61 Å². The molecule has 0 radical (unpaired) electrons. The van der Waals surface area contributed by atoms with Gasteiger partial charge >= 0.3 is 6.61 Å². The first-order valence-electron chi connectivity index (χ1n) is 6.15. The number of ether oxygens (including phenoxy) is 1. The molecule has 0 aliphatic carbocycles. The van der Waals surface area contributed by atoms with Crippen LogP contribution >= 0.6 is 11.6 Å². The van der Waals surface area contributed by atoms with Gasteiger partial charge in [-0.15, -0.1) is 0 Å². The smallest absolute Gasteiger partial charge is 0.387 e. The molecule has 0 spiro atoms. The van der Waals surface area contributed by atoms with Crippen LogP contribution in [0.1, 0.15) is 19.4 Å². The van der Waals surface area contributed by atoms with Crippen LogP contribution in [0, 0.1) is 5.92 Å². The van der Waals surface area contributed by atoms with Gasteiger partial charge in [-0.3, -0.25) is 0 Å². The molecule has 0 saturated carbocycles. The van der Waals surface area contributed by atoms with Crippen LogP contribution in [0.5, 0.6) is 5.75 Å². The third-order valence-corrected chi connectivity index (χ3v) is 2.58. The summed E-state index contributed by atoms with van der Waals surface area (Å²) in [6, 6.07) is 4.39. The highest BCUT2D eigenvalue weighted by molar-refractivity contribution is 6.30. The number of nitrogens with one attached hydrogen (secondary N) is 1. The van der Waals surface area contributed by atoms with Gasteiger partial charge in [0.1, 0.15) is 5.75 Å². The van der Waals surface area contributed by atoms with E-state index in [1.165, 1.54) is 18.2 Å². The van der Waals surface area contributed by atoms with E-state index in [1.54, 1.807) is 0 Å². The summed E-state index contributed by atoms with van der Waals surface area (Å²) in [5.41, 5.74) is 6.13. The van der Waals surface area contributed by atoms with Gasteiger partial charge in [0.15, 0.2) is 5.96 Å². The summed E-state index contributed by atoms with van der Waals surface area (Å²) in [6.45, 7) is 1.97. The molecule has 0 atom stereocenters. The standard InChI is InChI=1S/C13H18ClF2N3O/c1-8(2)6-18-13(17)19-7-9-5-10(14)3-4-11(9)20-12(15)16/h3-5,8,12H,6-7H2,1-2H3,(H3,17,18,19). The van der Waals surface area contributed by atoms with Crippen LogP contribution in [0.2, 0.25) is 5.02 Å². The van der Waals surface area contributed by atoms with Gasteiger partial charge in [0, 0.05) is 17.1 Å². The monoisotopic (exact) mass is 305 g/mol. The Morgan fingerprint density at radius 2 is 2.15 bits per heavy atom. The van der Waals surface area contributed by atoms with Crippen LogP contribution in [0.15, 0.2) is 23.2 Å². The van der Waals surface area contributed by atoms with Crippen molar-refractivity contribution in [3.8, 4) is 5.75 Å². The summed E-state index contributed by atoms with van der Waals surface area (Å²) in [6.07, 6.45) is 0. The first-order valence-corrected chi connectivity index (χ1v) is 6.53. The van der Waals surface area contributed by atoms with Crippen LogP contribution in [0.3, 0.4) is 0 Å². The average molecular weight is 306 g/mol. The van der Waals surface area contributed by atoms with Crippen molar-refractivity contribution in [3.63, 3.8) is 0 Å². The third-order valence-electron chi connectivity index (χ3n) is 2.35. The number of nitrogens with two attached hydrogens (primary N) is 1. The number of benzene rings is 1. The van der Waals surface area contributed by atoms with Crippen LogP contribution in [-0.4, -0.2) is 19.1 Å². The predicted molar refractivity (Wildman–Crippen MR) is 76.3 cm³/mol. The van der Waals surface area contributed by atoms with E-state index in [2.05, 4.69) is 15.0 Å². The highest BCUT2D eigenvalue weighted by Crippen LogP contribution is 2.25. The third kappa shape index (κ3) is 6.06. The molecule has 4 nitrogen and oxygen atoms in total. The molecule has 1 aromatic carbocycles. The highest BCUT2D eigenvalue weighted by Gasteiger charge is 2.10. The molecule has 0 saturated heterocycles. The minimum Gasteiger partial charge on any atom is -0.434 e. The SMILES string of the molecule is CC(C)CNC(N)=NCc1cc(Cl)ccc1OC(F)F. The number of rotatable bonds is 6. The topological polar surface area (TPSA) is 59.6 Å². The van der Waals surface area contributed by atoms with E-state index in [1.807, 2.05) is 13.8 Å². The van der Waals surface area contributed by atoms with Crippen molar-refractivity contribution in [2.24, 2.45) is 16.6 Å². The van der Waals surface area contributed by atoms with Crippen LogP contribution < -0.4 is 15.8 Å². The summed E-state index contributed by atoms with van der Waals surface area (Å²) in [4.78, 5) is 4.08. The van der Waals surface area contributed by atoms with E-state index >= 15 is 0 Å². The van der Waals surface area contributed by atoms with Crippen molar-refractivity contribution in [2.75, 3.05) is 6.54 Å². The normalized spacial score (nSPS) is 12.1. The number of aliphatic imine (C=N–C) groups is 1. The Kier molecular flexibility index (Phi) is 6.51. The maximum absolute atomic E-state index is 12.3. The molecule has 0 unspecified atom stereocenters. The zero-order valence-corrected chi connectivity index (χ0v) is 12.1.